The SMILES string of the molecule is Cc1csc(-c2nnc(Cl)o2)c1. The minimum atomic E-state index is 0.0797. The van der Waals surface area contributed by atoms with Crippen molar-refractivity contribution in [2.45, 2.75) is 6.92 Å². The molecule has 2 aromatic heterocycles. The van der Waals surface area contributed by atoms with Gasteiger partial charge in [0.15, 0.2) is 0 Å². The smallest absolute Gasteiger partial charge is 0.313 e. The minimum absolute atomic E-state index is 0.0797. The van der Waals surface area contributed by atoms with E-state index >= 15 is 0 Å². The average Bonchev–Trinajstić information content (AvgIpc) is 2.58. The molecule has 0 saturated heterocycles. The molecule has 0 N–H and O–H groups in total. The van der Waals surface area contributed by atoms with E-state index < -0.39 is 0 Å². The van der Waals surface area contributed by atoms with Gasteiger partial charge in [-0.25, -0.2) is 0 Å². The van der Waals surface area contributed by atoms with Crippen molar-refractivity contribution in [2.24, 2.45) is 0 Å². The molecule has 0 spiro atoms. The summed E-state index contributed by atoms with van der Waals surface area (Å²) >= 11 is 7.04. The van der Waals surface area contributed by atoms with Gasteiger partial charge in [-0.2, -0.15) is 0 Å². The third kappa shape index (κ3) is 1.35. The molecule has 3 nitrogen and oxygen atoms in total. The Morgan fingerprint density at radius 2 is 2.33 bits per heavy atom. The Hall–Kier alpha value is -0.870. The summed E-state index contributed by atoms with van der Waals surface area (Å²) in [6.07, 6.45) is 0. The highest BCUT2D eigenvalue weighted by Gasteiger charge is 2.07. The van der Waals surface area contributed by atoms with Gasteiger partial charge in [-0.3, -0.25) is 0 Å². The zero-order valence-electron chi connectivity index (χ0n) is 6.24. The summed E-state index contributed by atoms with van der Waals surface area (Å²) in [5.41, 5.74) is 1.18. The molecule has 0 saturated carbocycles. The van der Waals surface area contributed by atoms with Crippen molar-refractivity contribution in [3.05, 3.63) is 22.4 Å². The molecule has 2 heterocycles. The fraction of sp³-hybridized carbons (Fsp3) is 0.143. The summed E-state index contributed by atoms with van der Waals surface area (Å²) in [5, 5.41) is 9.42. The molecule has 0 unspecified atom stereocenters. The molecule has 2 aromatic rings. The first-order valence-corrected chi connectivity index (χ1v) is 4.56. The van der Waals surface area contributed by atoms with Crippen molar-refractivity contribution >= 4 is 22.9 Å². The third-order valence-corrected chi connectivity index (χ3v) is 2.53. The summed E-state index contributed by atoms with van der Waals surface area (Å²) in [4.78, 5) is 0.951. The molecule has 2 rings (SSSR count). The molecular weight excluding hydrogens is 196 g/mol. The van der Waals surface area contributed by atoms with Gasteiger partial charge in [0.05, 0.1) is 4.88 Å². The Morgan fingerprint density at radius 3 is 2.83 bits per heavy atom. The van der Waals surface area contributed by atoms with Crippen LogP contribution in [0.2, 0.25) is 5.35 Å². The number of aromatic nitrogens is 2. The van der Waals surface area contributed by atoms with Crippen molar-refractivity contribution in [1.29, 1.82) is 0 Å². The highest BCUT2D eigenvalue weighted by molar-refractivity contribution is 7.13. The molecule has 0 fully saturated rings. The standard InChI is InChI=1S/C7H5ClN2OS/c1-4-2-5(12-3-4)6-9-10-7(8)11-6/h2-3H,1H3. The van der Waals surface area contributed by atoms with Crippen LogP contribution in [0.3, 0.4) is 0 Å². The predicted octanol–water partition coefficient (Wildman–Crippen LogP) is 2.76. The van der Waals surface area contributed by atoms with Crippen molar-refractivity contribution < 1.29 is 4.42 Å². The van der Waals surface area contributed by atoms with Crippen molar-refractivity contribution in [1.82, 2.24) is 10.2 Å². The maximum Gasteiger partial charge on any atom is 0.313 e. The molecule has 0 bridgehead atoms. The lowest BCUT2D eigenvalue weighted by Gasteiger charge is -1.82. The normalized spacial score (nSPS) is 10.5. The van der Waals surface area contributed by atoms with Crippen LogP contribution in [-0.4, -0.2) is 10.2 Å². The van der Waals surface area contributed by atoms with E-state index in [1.54, 1.807) is 11.3 Å². The molecular formula is C7H5ClN2OS. The molecule has 0 amide bonds. The second kappa shape index (κ2) is 2.88. The van der Waals surface area contributed by atoms with Crippen LogP contribution < -0.4 is 0 Å². The lowest BCUT2D eigenvalue weighted by Crippen LogP contribution is -1.70. The van der Waals surface area contributed by atoms with Gasteiger partial charge in [-0.05, 0) is 35.5 Å². The lowest BCUT2D eigenvalue weighted by atomic mass is 10.3. The third-order valence-electron chi connectivity index (χ3n) is 1.34. The van der Waals surface area contributed by atoms with Crippen molar-refractivity contribution in [2.75, 3.05) is 0 Å². The quantitative estimate of drug-likeness (QED) is 0.711. The van der Waals surface area contributed by atoms with E-state index in [0.717, 1.165) is 4.88 Å². The van der Waals surface area contributed by atoms with Gasteiger partial charge in [0, 0.05) is 0 Å². The Morgan fingerprint density at radius 1 is 1.50 bits per heavy atom. The van der Waals surface area contributed by atoms with E-state index in [1.807, 2.05) is 18.4 Å². The van der Waals surface area contributed by atoms with Gasteiger partial charge in [-0.1, -0.05) is 5.10 Å². The van der Waals surface area contributed by atoms with Crippen LogP contribution in [0.4, 0.5) is 0 Å². The highest BCUT2D eigenvalue weighted by Crippen LogP contribution is 2.26. The summed E-state index contributed by atoms with van der Waals surface area (Å²) in [5.74, 6) is 0.484. The number of rotatable bonds is 1. The zero-order chi connectivity index (χ0) is 8.55. The van der Waals surface area contributed by atoms with Gasteiger partial charge < -0.3 is 4.42 Å². The fourth-order valence-corrected chi connectivity index (χ4v) is 1.78. The Kier molecular flexibility index (Phi) is 1.86. The minimum Gasteiger partial charge on any atom is -0.407 e. The molecule has 0 radical (unpaired) electrons. The molecule has 0 aromatic carbocycles. The Bertz CT molecular complexity index is 357. The second-order valence-electron chi connectivity index (χ2n) is 2.35. The summed E-state index contributed by atoms with van der Waals surface area (Å²) in [7, 11) is 0. The van der Waals surface area contributed by atoms with Gasteiger partial charge in [0.1, 0.15) is 0 Å². The number of aryl methyl sites for hydroxylation is 1. The maximum absolute atomic E-state index is 5.48. The van der Waals surface area contributed by atoms with Gasteiger partial charge in [0.2, 0.25) is 0 Å². The van der Waals surface area contributed by atoms with E-state index in [4.69, 9.17) is 16.0 Å². The number of hydrogen-bond donors (Lipinski definition) is 0. The molecule has 62 valence electrons. The Balaban J connectivity index is 2.43. The first-order chi connectivity index (χ1) is 5.75. The highest BCUT2D eigenvalue weighted by atomic mass is 35.5. The van der Waals surface area contributed by atoms with E-state index in [9.17, 15) is 0 Å². The van der Waals surface area contributed by atoms with Crippen LogP contribution in [0, 0.1) is 6.92 Å². The van der Waals surface area contributed by atoms with Crippen LogP contribution in [0.25, 0.3) is 10.8 Å². The average molecular weight is 201 g/mol. The second-order valence-corrected chi connectivity index (χ2v) is 3.58. The van der Waals surface area contributed by atoms with E-state index in [1.165, 1.54) is 5.56 Å². The number of nitrogens with zero attached hydrogens (tertiary/aromatic N) is 2. The topological polar surface area (TPSA) is 38.9 Å². The molecule has 0 aliphatic heterocycles. The number of hydrogen-bond acceptors (Lipinski definition) is 4. The molecule has 5 heteroatoms. The van der Waals surface area contributed by atoms with Crippen LogP contribution in [-0.2, 0) is 0 Å². The van der Waals surface area contributed by atoms with Gasteiger partial charge >= 0.3 is 5.35 Å². The number of halogens is 1. The summed E-state index contributed by atoms with van der Waals surface area (Å²) in [6.45, 7) is 2.01. The zero-order valence-corrected chi connectivity index (χ0v) is 7.82. The first-order valence-electron chi connectivity index (χ1n) is 3.30. The van der Waals surface area contributed by atoms with E-state index in [2.05, 4.69) is 10.2 Å². The number of thiophene rings is 1. The van der Waals surface area contributed by atoms with Crippen LogP contribution >= 0.6 is 22.9 Å². The molecule has 12 heavy (non-hydrogen) atoms. The fourth-order valence-electron chi connectivity index (χ4n) is 0.848. The van der Waals surface area contributed by atoms with E-state index in [0.29, 0.717) is 5.89 Å². The first kappa shape index (κ1) is 7.76. The maximum atomic E-state index is 5.48. The van der Waals surface area contributed by atoms with Gasteiger partial charge in [0.25, 0.3) is 5.89 Å². The summed E-state index contributed by atoms with van der Waals surface area (Å²) in [6, 6.07) is 1.98. The predicted molar refractivity (Wildman–Crippen MR) is 47.4 cm³/mol. The monoisotopic (exact) mass is 200 g/mol. The van der Waals surface area contributed by atoms with Crippen LogP contribution in [0.5, 0.6) is 0 Å². The van der Waals surface area contributed by atoms with Crippen LogP contribution in [0.15, 0.2) is 15.9 Å². The molecule has 0 aliphatic carbocycles. The molecule has 0 atom stereocenters. The lowest BCUT2D eigenvalue weighted by molar-refractivity contribution is 0.572. The van der Waals surface area contributed by atoms with E-state index in [-0.39, 0.29) is 5.35 Å². The van der Waals surface area contributed by atoms with Crippen molar-refractivity contribution in [3.8, 4) is 10.8 Å². The largest absolute Gasteiger partial charge is 0.407 e. The van der Waals surface area contributed by atoms with Crippen LogP contribution in [0.1, 0.15) is 5.56 Å². The Labute approximate surface area is 78.0 Å². The summed E-state index contributed by atoms with van der Waals surface area (Å²) < 4.78 is 5.04. The van der Waals surface area contributed by atoms with Crippen molar-refractivity contribution in [3.63, 3.8) is 0 Å². The van der Waals surface area contributed by atoms with Gasteiger partial charge in [-0.15, -0.1) is 16.4 Å². The molecule has 0 aliphatic rings.